The van der Waals surface area contributed by atoms with Crippen molar-refractivity contribution in [1.82, 2.24) is 5.43 Å². The highest BCUT2D eigenvalue weighted by molar-refractivity contribution is 5.82. The van der Waals surface area contributed by atoms with Gasteiger partial charge in [0.1, 0.15) is 11.6 Å². The van der Waals surface area contributed by atoms with E-state index < -0.39 is 11.6 Å². The summed E-state index contributed by atoms with van der Waals surface area (Å²) >= 11 is 0. The maximum Gasteiger partial charge on any atom is 0.245 e. The van der Waals surface area contributed by atoms with Crippen LogP contribution >= 0.6 is 0 Å². The summed E-state index contributed by atoms with van der Waals surface area (Å²) in [5.41, 5.74) is 3.30. The Morgan fingerprint density at radius 3 is 2.41 bits per heavy atom. The number of hydrazone groups is 1. The van der Waals surface area contributed by atoms with Crippen LogP contribution in [0.25, 0.3) is 0 Å². The monoisotopic (exact) mass is 373 g/mol. The summed E-state index contributed by atoms with van der Waals surface area (Å²) in [6, 6.07) is 13.9. The van der Waals surface area contributed by atoms with Crippen LogP contribution < -0.4 is 15.2 Å². The molecule has 0 bridgehead atoms. The molecule has 0 spiro atoms. The highest BCUT2D eigenvalue weighted by atomic mass is 19.1. The molecule has 0 atom stereocenters. The van der Waals surface area contributed by atoms with Crippen LogP contribution in [0.4, 0.5) is 14.5 Å². The first kappa shape index (κ1) is 19.0. The lowest BCUT2D eigenvalue weighted by molar-refractivity contribution is -0.900. The number of carbonyl (C=O) groups is 1. The third-order valence-electron chi connectivity index (χ3n) is 4.68. The van der Waals surface area contributed by atoms with Crippen molar-refractivity contribution in [3.05, 3.63) is 65.7 Å². The van der Waals surface area contributed by atoms with Crippen molar-refractivity contribution in [2.45, 2.75) is 6.42 Å². The minimum atomic E-state index is -0.714. The fraction of sp³-hybridized carbons (Fsp3) is 0.300. The molecule has 2 aromatic rings. The number of halogens is 2. The maximum atomic E-state index is 13.5. The van der Waals surface area contributed by atoms with Crippen LogP contribution in [0, 0.1) is 11.6 Å². The van der Waals surface area contributed by atoms with Gasteiger partial charge in [-0.05, 0) is 24.3 Å². The summed E-state index contributed by atoms with van der Waals surface area (Å²) in [5, 5.41) is 3.66. The van der Waals surface area contributed by atoms with Gasteiger partial charge in [0, 0.05) is 5.69 Å². The summed E-state index contributed by atoms with van der Waals surface area (Å²) in [5.74, 6) is -1.69. The molecule has 1 amide bonds. The smallest absolute Gasteiger partial charge is 0.245 e. The molecule has 1 aliphatic rings. The predicted molar refractivity (Wildman–Crippen MR) is 101 cm³/mol. The number of anilines is 1. The molecule has 0 unspecified atom stereocenters. The molecule has 142 valence electrons. The van der Waals surface area contributed by atoms with Crippen LogP contribution in [0.15, 0.2) is 53.6 Å². The summed E-state index contributed by atoms with van der Waals surface area (Å²) in [4.78, 5) is 15.6. The van der Waals surface area contributed by atoms with Gasteiger partial charge in [0.15, 0.2) is 0 Å². The minimum absolute atomic E-state index is 0.263. The van der Waals surface area contributed by atoms with Crippen LogP contribution in [0.5, 0.6) is 0 Å². The van der Waals surface area contributed by atoms with E-state index in [1.54, 1.807) is 0 Å². The van der Waals surface area contributed by atoms with Gasteiger partial charge >= 0.3 is 0 Å². The van der Waals surface area contributed by atoms with Crippen molar-refractivity contribution in [3.63, 3.8) is 0 Å². The van der Waals surface area contributed by atoms with Gasteiger partial charge in [0.05, 0.1) is 50.9 Å². The van der Waals surface area contributed by atoms with E-state index in [9.17, 15) is 13.6 Å². The Morgan fingerprint density at radius 1 is 1.07 bits per heavy atom. The van der Waals surface area contributed by atoms with Crippen LogP contribution in [0.1, 0.15) is 12.0 Å². The van der Waals surface area contributed by atoms with E-state index in [4.69, 9.17) is 0 Å². The fourth-order valence-electron chi connectivity index (χ4n) is 3.12. The Morgan fingerprint density at radius 2 is 1.74 bits per heavy atom. The number of nitrogens with zero attached hydrogens (tertiary/aromatic N) is 2. The van der Waals surface area contributed by atoms with Crippen molar-refractivity contribution in [2.24, 2.45) is 5.10 Å². The van der Waals surface area contributed by atoms with Gasteiger partial charge < -0.3 is 9.80 Å². The van der Waals surface area contributed by atoms with Gasteiger partial charge in [0.25, 0.3) is 0 Å². The van der Waals surface area contributed by atoms with E-state index >= 15 is 0 Å². The zero-order valence-electron chi connectivity index (χ0n) is 15.0. The van der Waals surface area contributed by atoms with Crippen LogP contribution in [0.3, 0.4) is 0 Å². The Hall–Kier alpha value is -2.80. The molecule has 5 nitrogen and oxygen atoms in total. The lowest BCUT2D eigenvalue weighted by Crippen LogP contribution is -3.15. The highest BCUT2D eigenvalue weighted by Gasteiger charge is 2.20. The first-order valence-corrected chi connectivity index (χ1v) is 9.03. The number of nitrogens with one attached hydrogen (secondary N) is 2. The predicted octanol–water partition coefficient (Wildman–Crippen LogP) is 1.21. The molecule has 0 aliphatic carbocycles. The molecule has 27 heavy (non-hydrogen) atoms. The van der Waals surface area contributed by atoms with E-state index in [0.29, 0.717) is 13.0 Å². The number of quaternary nitrogens is 1. The molecule has 2 aromatic carbocycles. The Labute approximate surface area is 157 Å². The normalized spacial score (nSPS) is 15.3. The van der Waals surface area contributed by atoms with Gasteiger partial charge in [-0.25, -0.2) is 14.2 Å². The average molecular weight is 373 g/mol. The Bertz CT molecular complexity index is 770. The van der Waals surface area contributed by atoms with Crippen molar-refractivity contribution >= 4 is 17.8 Å². The maximum absolute atomic E-state index is 13.5. The van der Waals surface area contributed by atoms with Crippen molar-refractivity contribution in [3.8, 4) is 0 Å². The molecular formula is C20H23F2N4O+. The second-order valence-electron chi connectivity index (χ2n) is 6.50. The summed E-state index contributed by atoms with van der Waals surface area (Å²) in [7, 11) is 0. The van der Waals surface area contributed by atoms with Crippen molar-refractivity contribution < 1.29 is 18.5 Å². The number of piperazine rings is 1. The molecule has 1 saturated heterocycles. The van der Waals surface area contributed by atoms with Crippen LogP contribution in [-0.4, -0.2) is 44.8 Å². The lowest BCUT2D eigenvalue weighted by atomic mass is 10.2. The number of carbonyl (C=O) groups excluding carboxylic acids is 1. The molecule has 0 aromatic heterocycles. The minimum Gasteiger partial charge on any atom is -0.360 e. The van der Waals surface area contributed by atoms with Gasteiger partial charge in [-0.3, -0.25) is 4.79 Å². The third kappa shape index (κ3) is 5.34. The molecule has 2 N–H and O–H groups in total. The number of amides is 1. The molecule has 1 heterocycles. The quantitative estimate of drug-likeness (QED) is 0.591. The largest absolute Gasteiger partial charge is 0.360 e. The van der Waals surface area contributed by atoms with Gasteiger partial charge in [-0.1, -0.05) is 24.3 Å². The number of para-hydroxylation sites is 1. The zero-order valence-corrected chi connectivity index (χ0v) is 15.0. The van der Waals surface area contributed by atoms with E-state index in [-0.39, 0.29) is 11.5 Å². The standard InChI is InChI=1S/C20H22F2N4O/c21-18-7-4-8-19(22)17(18)15-23-24-20(27)9-10-25-11-13-26(14-12-25)16-5-2-1-3-6-16/h1-8,15H,9-14H2,(H,24,27)/p+1/b23-15-. The summed E-state index contributed by atoms with van der Waals surface area (Å²) < 4.78 is 26.9. The number of hydrogen-bond acceptors (Lipinski definition) is 3. The molecule has 1 aliphatic heterocycles. The average Bonchev–Trinajstić information content (AvgIpc) is 2.70. The molecule has 7 heteroatoms. The SMILES string of the molecule is O=C(CC[NH+]1CCN(c2ccccc2)CC1)N/N=C\c1c(F)cccc1F. The summed E-state index contributed by atoms with van der Waals surface area (Å²) in [6.45, 7) is 4.53. The molecule has 0 radical (unpaired) electrons. The van der Waals surface area contributed by atoms with E-state index in [2.05, 4.69) is 27.6 Å². The van der Waals surface area contributed by atoms with E-state index in [1.165, 1.54) is 16.7 Å². The lowest BCUT2D eigenvalue weighted by Gasteiger charge is -2.33. The topological polar surface area (TPSA) is 49.1 Å². The number of rotatable bonds is 6. The van der Waals surface area contributed by atoms with Crippen LogP contribution in [0.2, 0.25) is 0 Å². The fourth-order valence-corrected chi connectivity index (χ4v) is 3.12. The Kier molecular flexibility index (Phi) is 6.49. The van der Waals surface area contributed by atoms with E-state index in [1.807, 2.05) is 18.2 Å². The first-order chi connectivity index (χ1) is 13.1. The number of hydrogen-bond donors (Lipinski definition) is 2. The molecule has 0 saturated carbocycles. The molecule has 3 rings (SSSR count). The molecule has 1 fully saturated rings. The van der Waals surface area contributed by atoms with Gasteiger partial charge in [0.2, 0.25) is 5.91 Å². The van der Waals surface area contributed by atoms with Gasteiger partial charge in [-0.15, -0.1) is 0 Å². The number of benzene rings is 2. The Balaban J connectivity index is 1.39. The second-order valence-corrected chi connectivity index (χ2v) is 6.50. The van der Waals surface area contributed by atoms with Crippen LogP contribution in [-0.2, 0) is 4.79 Å². The van der Waals surface area contributed by atoms with Crippen molar-refractivity contribution in [1.29, 1.82) is 0 Å². The van der Waals surface area contributed by atoms with Crippen molar-refractivity contribution in [2.75, 3.05) is 37.6 Å². The van der Waals surface area contributed by atoms with Gasteiger partial charge in [-0.2, -0.15) is 5.10 Å². The second kappa shape index (κ2) is 9.23. The zero-order chi connectivity index (χ0) is 19.1. The third-order valence-corrected chi connectivity index (χ3v) is 4.68. The van der Waals surface area contributed by atoms with E-state index in [0.717, 1.165) is 44.5 Å². The summed E-state index contributed by atoms with van der Waals surface area (Å²) in [6.07, 6.45) is 1.31. The highest BCUT2D eigenvalue weighted by Crippen LogP contribution is 2.12. The molecular weight excluding hydrogens is 350 g/mol. The first-order valence-electron chi connectivity index (χ1n) is 9.03.